The van der Waals surface area contributed by atoms with E-state index in [0.29, 0.717) is 25.5 Å². The van der Waals surface area contributed by atoms with Gasteiger partial charge in [-0.15, -0.1) is 10.2 Å². The first-order chi connectivity index (χ1) is 7.25. The number of carbonyl (C=O) groups is 1. The van der Waals surface area contributed by atoms with Gasteiger partial charge in [-0.25, -0.2) is 0 Å². The van der Waals surface area contributed by atoms with Crippen LogP contribution in [-0.2, 0) is 11.3 Å². The third-order valence-corrected chi connectivity index (χ3v) is 2.31. The Kier molecular flexibility index (Phi) is 2.88. The molecule has 0 amide bonds. The molecule has 8 heteroatoms. The van der Waals surface area contributed by atoms with E-state index in [2.05, 4.69) is 25.9 Å². The summed E-state index contributed by atoms with van der Waals surface area (Å²) in [5, 5.41) is 25.2. The molecule has 1 saturated heterocycles. The summed E-state index contributed by atoms with van der Waals surface area (Å²) in [5.74, 6) is -0.242. The van der Waals surface area contributed by atoms with Crippen LogP contribution < -0.4 is 5.32 Å². The van der Waals surface area contributed by atoms with Crippen molar-refractivity contribution in [1.29, 1.82) is 0 Å². The molecule has 1 unspecified atom stereocenters. The molecule has 0 aromatic carbocycles. The van der Waals surface area contributed by atoms with Crippen molar-refractivity contribution in [3.05, 3.63) is 5.82 Å². The zero-order valence-corrected chi connectivity index (χ0v) is 8.05. The maximum Gasteiger partial charge on any atom is 0.322 e. The van der Waals surface area contributed by atoms with Gasteiger partial charge in [0.1, 0.15) is 6.04 Å². The van der Waals surface area contributed by atoms with Crippen LogP contribution in [0.25, 0.3) is 0 Å². The minimum absolute atomic E-state index is 0.462. The predicted octanol–water partition coefficient (Wildman–Crippen LogP) is -1.94. The lowest BCUT2D eigenvalue weighted by atomic mass is 10.2. The van der Waals surface area contributed by atoms with E-state index in [1.165, 1.54) is 0 Å². The topological polar surface area (TPSA) is 107 Å². The molecule has 2 rings (SSSR count). The number of tetrazole rings is 1. The molecule has 0 aliphatic carbocycles. The number of piperazine rings is 1. The van der Waals surface area contributed by atoms with Gasteiger partial charge in [-0.3, -0.25) is 9.69 Å². The lowest BCUT2D eigenvalue weighted by molar-refractivity contribution is -0.140. The number of rotatable bonds is 3. The molecule has 8 nitrogen and oxygen atoms in total. The molecule has 3 N–H and O–H groups in total. The molecule has 0 spiro atoms. The van der Waals surface area contributed by atoms with Crippen molar-refractivity contribution in [3.63, 3.8) is 0 Å². The largest absolute Gasteiger partial charge is 0.480 e. The molecule has 0 radical (unpaired) electrons. The molecule has 1 aliphatic rings. The average molecular weight is 212 g/mol. The molecule has 2 heterocycles. The van der Waals surface area contributed by atoms with Crippen LogP contribution in [0, 0.1) is 0 Å². The van der Waals surface area contributed by atoms with Crippen LogP contribution in [0.3, 0.4) is 0 Å². The number of nitrogens with zero attached hydrogens (tertiary/aromatic N) is 4. The lowest BCUT2D eigenvalue weighted by Gasteiger charge is -2.30. The summed E-state index contributed by atoms with van der Waals surface area (Å²) in [6, 6.07) is -0.509. The molecule has 1 aromatic heterocycles. The number of aromatic amines is 1. The summed E-state index contributed by atoms with van der Waals surface area (Å²) in [6.45, 7) is 2.44. The Morgan fingerprint density at radius 1 is 1.67 bits per heavy atom. The molecule has 82 valence electrons. The fraction of sp³-hybridized carbons (Fsp3) is 0.714. The summed E-state index contributed by atoms with van der Waals surface area (Å²) in [4.78, 5) is 12.7. The zero-order valence-electron chi connectivity index (χ0n) is 8.05. The maximum atomic E-state index is 10.8. The van der Waals surface area contributed by atoms with E-state index in [0.717, 1.165) is 6.54 Å². The summed E-state index contributed by atoms with van der Waals surface area (Å²) in [7, 11) is 0. The van der Waals surface area contributed by atoms with Crippen molar-refractivity contribution in [2.45, 2.75) is 12.6 Å². The highest BCUT2D eigenvalue weighted by atomic mass is 16.4. The zero-order chi connectivity index (χ0) is 10.7. The van der Waals surface area contributed by atoms with Crippen molar-refractivity contribution in [1.82, 2.24) is 30.8 Å². The SMILES string of the molecule is O=C(O)C1CN(Cc2nn[nH]n2)CCN1. The number of aromatic nitrogens is 4. The first-order valence-electron chi connectivity index (χ1n) is 4.66. The van der Waals surface area contributed by atoms with Gasteiger partial charge in [0, 0.05) is 19.6 Å². The molecular weight excluding hydrogens is 200 g/mol. The molecule has 1 fully saturated rings. The van der Waals surface area contributed by atoms with Crippen molar-refractivity contribution >= 4 is 5.97 Å². The first-order valence-corrected chi connectivity index (χ1v) is 4.66. The molecule has 0 bridgehead atoms. The van der Waals surface area contributed by atoms with Gasteiger partial charge >= 0.3 is 5.97 Å². The van der Waals surface area contributed by atoms with E-state index in [9.17, 15) is 4.79 Å². The van der Waals surface area contributed by atoms with Crippen LogP contribution in [0.2, 0.25) is 0 Å². The monoisotopic (exact) mass is 212 g/mol. The van der Waals surface area contributed by atoms with E-state index >= 15 is 0 Å². The Morgan fingerprint density at radius 2 is 2.53 bits per heavy atom. The van der Waals surface area contributed by atoms with E-state index in [1.807, 2.05) is 4.90 Å². The predicted molar refractivity (Wildman–Crippen MR) is 48.9 cm³/mol. The van der Waals surface area contributed by atoms with E-state index < -0.39 is 12.0 Å². The normalized spacial score (nSPS) is 22.8. The average Bonchev–Trinajstić information content (AvgIpc) is 2.71. The van der Waals surface area contributed by atoms with Gasteiger partial charge in [-0.2, -0.15) is 5.21 Å². The quantitative estimate of drug-likeness (QED) is 0.535. The fourth-order valence-corrected chi connectivity index (χ4v) is 1.57. The maximum absolute atomic E-state index is 10.8. The van der Waals surface area contributed by atoms with Gasteiger partial charge in [0.15, 0.2) is 5.82 Å². The number of H-pyrrole nitrogens is 1. The number of aliphatic carboxylic acids is 1. The number of hydrogen-bond acceptors (Lipinski definition) is 6. The molecule has 1 atom stereocenters. The van der Waals surface area contributed by atoms with Crippen LogP contribution in [0.15, 0.2) is 0 Å². The number of hydrogen-bond donors (Lipinski definition) is 3. The van der Waals surface area contributed by atoms with Gasteiger partial charge < -0.3 is 10.4 Å². The van der Waals surface area contributed by atoms with Crippen LogP contribution >= 0.6 is 0 Å². The first kappa shape index (κ1) is 9.99. The highest BCUT2D eigenvalue weighted by molar-refractivity contribution is 5.73. The van der Waals surface area contributed by atoms with Crippen molar-refractivity contribution in [2.24, 2.45) is 0 Å². The Bertz CT molecular complexity index is 326. The summed E-state index contributed by atoms with van der Waals surface area (Å²) >= 11 is 0. The van der Waals surface area contributed by atoms with Crippen LogP contribution in [0.4, 0.5) is 0 Å². The Labute approximate surface area is 85.7 Å². The van der Waals surface area contributed by atoms with Gasteiger partial charge in [-0.1, -0.05) is 5.21 Å². The Hall–Kier alpha value is -1.54. The van der Waals surface area contributed by atoms with E-state index in [4.69, 9.17) is 5.11 Å². The Morgan fingerprint density at radius 3 is 3.20 bits per heavy atom. The number of carboxylic acid groups (broad SMARTS) is 1. The fourth-order valence-electron chi connectivity index (χ4n) is 1.57. The van der Waals surface area contributed by atoms with Crippen LogP contribution in [0.1, 0.15) is 5.82 Å². The van der Waals surface area contributed by atoms with Crippen molar-refractivity contribution in [3.8, 4) is 0 Å². The summed E-state index contributed by atoms with van der Waals surface area (Å²) < 4.78 is 0. The second kappa shape index (κ2) is 4.32. The molecule has 1 aliphatic heterocycles. The molecule has 0 saturated carbocycles. The Balaban J connectivity index is 1.90. The smallest absolute Gasteiger partial charge is 0.322 e. The summed E-state index contributed by atoms with van der Waals surface area (Å²) in [6.07, 6.45) is 0. The lowest BCUT2D eigenvalue weighted by Crippen LogP contribution is -2.53. The van der Waals surface area contributed by atoms with Gasteiger partial charge in [-0.05, 0) is 0 Å². The van der Waals surface area contributed by atoms with Gasteiger partial charge in [0.05, 0.1) is 6.54 Å². The van der Waals surface area contributed by atoms with Crippen LogP contribution in [-0.4, -0.2) is 62.3 Å². The van der Waals surface area contributed by atoms with E-state index in [1.54, 1.807) is 0 Å². The molecule has 15 heavy (non-hydrogen) atoms. The number of nitrogens with one attached hydrogen (secondary N) is 2. The standard InChI is InChI=1S/C7H12N6O2/c14-7(15)5-3-13(2-1-8-5)4-6-9-11-12-10-6/h5,8H,1-4H2,(H,14,15)(H,9,10,11,12). The van der Waals surface area contributed by atoms with Crippen molar-refractivity contribution < 1.29 is 9.90 Å². The minimum Gasteiger partial charge on any atom is -0.480 e. The second-order valence-electron chi connectivity index (χ2n) is 3.41. The highest BCUT2D eigenvalue weighted by Gasteiger charge is 2.25. The van der Waals surface area contributed by atoms with Crippen molar-refractivity contribution in [2.75, 3.05) is 19.6 Å². The third kappa shape index (κ3) is 2.48. The minimum atomic E-state index is -0.826. The summed E-state index contributed by atoms with van der Waals surface area (Å²) in [5.41, 5.74) is 0. The van der Waals surface area contributed by atoms with Gasteiger partial charge in [0.2, 0.25) is 0 Å². The van der Waals surface area contributed by atoms with E-state index in [-0.39, 0.29) is 0 Å². The third-order valence-electron chi connectivity index (χ3n) is 2.31. The van der Waals surface area contributed by atoms with Gasteiger partial charge in [0.25, 0.3) is 0 Å². The van der Waals surface area contributed by atoms with Crippen LogP contribution in [0.5, 0.6) is 0 Å². The second-order valence-corrected chi connectivity index (χ2v) is 3.41. The molecule has 1 aromatic rings. The number of carboxylic acids is 1. The highest BCUT2D eigenvalue weighted by Crippen LogP contribution is 2.02. The molecular formula is C7H12N6O2.